The van der Waals surface area contributed by atoms with Crippen LogP contribution >= 0.6 is 0 Å². The largest absolute Gasteiger partial charge is 0.373 e. The lowest BCUT2D eigenvalue weighted by Crippen LogP contribution is -2.35. The van der Waals surface area contributed by atoms with Crippen molar-refractivity contribution in [3.63, 3.8) is 0 Å². The minimum Gasteiger partial charge on any atom is -0.373 e. The molecule has 0 unspecified atom stereocenters. The van der Waals surface area contributed by atoms with Crippen molar-refractivity contribution >= 4 is 5.91 Å². The third-order valence-electron chi connectivity index (χ3n) is 4.04. The summed E-state index contributed by atoms with van der Waals surface area (Å²) in [4.78, 5) is 15.8. The fourth-order valence-corrected chi connectivity index (χ4v) is 2.89. The summed E-state index contributed by atoms with van der Waals surface area (Å²) in [5.41, 5.74) is 1.01. The van der Waals surface area contributed by atoms with Crippen molar-refractivity contribution in [3.05, 3.63) is 47.8 Å². The predicted molar refractivity (Wildman–Crippen MR) is 81.2 cm³/mol. The summed E-state index contributed by atoms with van der Waals surface area (Å²) in [5, 5.41) is 6.98. The number of aromatic nitrogens is 3. The van der Waals surface area contributed by atoms with Crippen LogP contribution in [0.2, 0.25) is 0 Å². The van der Waals surface area contributed by atoms with Gasteiger partial charge in [-0.1, -0.05) is 0 Å². The van der Waals surface area contributed by atoms with E-state index in [0.29, 0.717) is 13.2 Å². The van der Waals surface area contributed by atoms with Gasteiger partial charge in [0.15, 0.2) is 5.82 Å². The minimum atomic E-state index is -0.617. The average Bonchev–Trinajstić information content (AvgIpc) is 2.99. The first-order valence-electron chi connectivity index (χ1n) is 7.63. The Bertz CT molecular complexity index is 688. The smallest absolute Gasteiger partial charge is 0.254 e. The van der Waals surface area contributed by atoms with Crippen molar-refractivity contribution in [1.82, 2.24) is 20.1 Å². The monoisotopic (exact) mass is 318 g/mol. The van der Waals surface area contributed by atoms with Gasteiger partial charge in [0.2, 0.25) is 0 Å². The lowest BCUT2D eigenvalue weighted by Gasteiger charge is -2.31. The number of hydrogen-bond donors (Lipinski definition) is 1. The molecule has 0 spiro atoms. The van der Waals surface area contributed by atoms with Crippen molar-refractivity contribution in [3.8, 4) is 0 Å². The van der Waals surface area contributed by atoms with Crippen LogP contribution in [-0.2, 0) is 11.8 Å². The number of hydrogen-bond acceptors (Lipinski definition) is 4. The first-order valence-corrected chi connectivity index (χ1v) is 7.63. The number of rotatable bonds is 4. The molecule has 0 aromatic carbocycles. The van der Waals surface area contributed by atoms with Crippen LogP contribution in [0.3, 0.4) is 0 Å². The van der Waals surface area contributed by atoms with Crippen molar-refractivity contribution in [2.75, 3.05) is 13.2 Å². The van der Waals surface area contributed by atoms with E-state index in [1.807, 2.05) is 13.2 Å². The highest BCUT2D eigenvalue weighted by Gasteiger charge is 2.29. The molecule has 1 fully saturated rings. The van der Waals surface area contributed by atoms with Crippen molar-refractivity contribution in [1.29, 1.82) is 0 Å². The van der Waals surface area contributed by atoms with Gasteiger partial charge in [0.1, 0.15) is 0 Å². The average molecular weight is 318 g/mol. The van der Waals surface area contributed by atoms with E-state index in [0.717, 1.165) is 24.6 Å². The Morgan fingerprint density at radius 3 is 3.13 bits per heavy atom. The second kappa shape index (κ2) is 6.87. The molecule has 7 heteroatoms. The molecule has 2 aromatic rings. The molecule has 1 N–H and O–H groups in total. The number of carbonyl (C=O) groups is 1. The maximum Gasteiger partial charge on any atom is 0.254 e. The quantitative estimate of drug-likeness (QED) is 0.934. The molecule has 0 radical (unpaired) electrons. The highest BCUT2D eigenvalue weighted by atomic mass is 19.1. The van der Waals surface area contributed by atoms with Crippen LogP contribution in [0.15, 0.2) is 30.9 Å². The highest BCUT2D eigenvalue weighted by Crippen LogP contribution is 2.32. The molecule has 3 rings (SSSR count). The summed E-state index contributed by atoms with van der Waals surface area (Å²) in [7, 11) is 1.86. The summed E-state index contributed by atoms with van der Waals surface area (Å²) in [5.74, 6) is -0.907. The van der Waals surface area contributed by atoms with Gasteiger partial charge in [-0.05, 0) is 18.9 Å². The molecule has 1 saturated heterocycles. The molecule has 1 amide bonds. The van der Waals surface area contributed by atoms with E-state index in [1.54, 1.807) is 10.9 Å². The number of pyridine rings is 1. The Hall–Kier alpha value is -2.28. The fraction of sp³-hybridized carbons (Fsp3) is 0.438. The van der Waals surface area contributed by atoms with Crippen LogP contribution in [0.4, 0.5) is 4.39 Å². The Kier molecular flexibility index (Phi) is 4.66. The van der Waals surface area contributed by atoms with Gasteiger partial charge in [-0.3, -0.25) is 14.5 Å². The van der Waals surface area contributed by atoms with Crippen LogP contribution in [0.1, 0.15) is 34.9 Å². The Labute approximate surface area is 133 Å². The molecule has 23 heavy (non-hydrogen) atoms. The fourth-order valence-electron chi connectivity index (χ4n) is 2.89. The van der Waals surface area contributed by atoms with E-state index < -0.39 is 11.7 Å². The Morgan fingerprint density at radius 1 is 1.52 bits per heavy atom. The number of amides is 1. The second-order valence-electron chi connectivity index (χ2n) is 5.71. The zero-order chi connectivity index (χ0) is 16.2. The molecule has 1 aliphatic heterocycles. The molecule has 122 valence electrons. The first-order chi connectivity index (χ1) is 11.1. The second-order valence-corrected chi connectivity index (χ2v) is 5.71. The number of ether oxygens (including phenoxy) is 1. The summed E-state index contributed by atoms with van der Waals surface area (Å²) < 4.78 is 21.2. The van der Waals surface area contributed by atoms with E-state index in [1.165, 1.54) is 12.3 Å². The summed E-state index contributed by atoms with van der Waals surface area (Å²) in [6.07, 6.45) is 7.94. The highest BCUT2D eigenvalue weighted by molar-refractivity contribution is 5.94. The molecule has 3 heterocycles. The first kappa shape index (κ1) is 15.6. The van der Waals surface area contributed by atoms with Crippen LogP contribution in [0.5, 0.6) is 0 Å². The normalized spacial score (nSPS) is 21.1. The zero-order valence-electron chi connectivity index (χ0n) is 12.9. The SMILES string of the molecule is Cn1cc([C@@H]2OCCC[C@H]2CNC(=O)c2ccncc2F)cn1. The third-order valence-corrected chi connectivity index (χ3v) is 4.04. The summed E-state index contributed by atoms with van der Waals surface area (Å²) in [6.45, 7) is 1.13. The van der Waals surface area contributed by atoms with Gasteiger partial charge in [-0.25, -0.2) is 4.39 Å². The minimum absolute atomic E-state index is 0.00894. The maximum atomic E-state index is 13.6. The number of nitrogens with one attached hydrogen (secondary N) is 1. The number of carbonyl (C=O) groups excluding carboxylic acids is 1. The van der Waals surface area contributed by atoms with E-state index in [9.17, 15) is 9.18 Å². The number of nitrogens with zero attached hydrogens (tertiary/aromatic N) is 3. The molecule has 6 nitrogen and oxygen atoms in total. The molecule has 0 bridgehead atoms. The lowest BCUT2D eigenvalue weighted by atomic mass is 9.91. The van der Waals surface area contributed by atoms with Gasteiger partial charge < -0.3 is 10.1 Å². The molecule has 0 aliphatic carbocycles. The lowest BCUT2D eigenvalue weighted by molar-refractivity contribution is -0.0273. The molecular formula is C16H19FN4O2. The van der Waals surface area contributed by atoms with Crippen LogP contribution in [0, 0.1) is 11.7 Å². The van der Waals surface area contributed by atoms with Crippen molar-refractivity contribution in [2.24, 2.45) is 13.0 Å². The zero-order valence-corrected chi connectivity index (χ0v) is 12.9. The molecular weight excluding hydrogens is 299 g/mol. The van der Waals surface area contributed by atoms with Gasteiger partial charge in [-0.15, -0.1) is 0 Å². The van der Waals surface area contributed by atoms with E-state index >= 15 is 0 Å². The Balaban J connectivity index is 1.66. The van der Waals surface area contributed by atoms with E-state index in [-0.39, 0.29) is 17.6 Å². The van der Waals surface area contributed by atoms with Crippen molar-refractivity contribution in [2.45, 2.75) is 18.9 Å². The van der Waals surface area contributed by atoms with Gasteiger partial charge in [0.25, 0.3) is 5.91 Å². The predicted octanol–water partition coefficient (Wildman–Crippen LogP) is 1.85. The maximum absolute atomic E-state index is 13.6. The van der Waals surface area contributed by atoms with Crippen molar-refractivity contribution < 1.29 is 13.9 Å². The summed E-state index contributed by atoms with van der Waals surface area (Å²) >= 11 is 0. The van der Waals surface area contributed by atoms with Gasteiger partial charge in [-0.2, -0.15) is 5.10 Å². The Morgan fingerprint density at radius 2 is 2.39 bits per heavy atom. The molecule has 1 aliphatic rings. The third kappa shape index (κ3) is 3.56. The standard InChI is InChI=1S/C16H19FN4O2/c1-21-10-12(8-20-21)15-11(3-2-6-23-15)7-19-16(22)13-4-5-18-9-14(13)17/h4-5,8-11,15H,2-3,6-7H2,1H3,(H,19,22)/t11-,15+/m0/s1. The number of aryl methyl sites for hydroxylation is 1. The van der Waals surface area contributed by atoms with E-state index in [2.05, 4.69) is 15.4 Å². The van der Waals surface area contributed by atoms with Gasteiger partial charge in [0, 0.05) is 44.1 Å². The molecule has 2 aromatic heterocycles. The van der Waals surface area contributed by atoms with Crippen LogP contribution in [-0.4, -0.2) is 33.8 Å². The van der Waals surface area contributed by atoms with Gasteiger partial charge >= 0.3 is 0 Å². The topological polar surface area (TPSA) is 69.0 Å². The van der Waals surface area contributed by atoms with Gasteiger partial charge in [0.05, 0.1) is 24.1 Å². The molecule has 0 saturated carbocycles. The van der Waals surface area contributed by atoms with E-state index in [4.69, 9.17) is 4.74 Å². The summed E-state index contributed by atoms with van der Waals surface area (Å²) in [6, 6.07) is 1.38. The molecule has 2 atom stereocenters. The number of halogens is 1. The van der Waals surface area contributed by atoms with Crippen LogP contribution < -0.4 is 5.32 Å². The van der Waals surface area contributed by atoms with Crippen LogP contribution in [0.25, 0.3) is 0 Å².